The highest BCUT2D eigenvalue weighted by Gasteiger charge is 2.37. The van der Waals surface area contributed by atoms with Gasteiger partial charge in [-0.3, -0.25) is 4.79 Å². The number of nitrogens with one attached hydrogen (secondary N) is 1. The van der Waals surface area contributed by atoms with E-state index in [9.17, 15) is 41.2 Å². The molecule has 2 aromatic carbocycles. The van der Waals surface area contributed by atoms with Gasteiger partial charge in [0, 0.05) is 0 Å². The van der Waals surface area contributed by atoms with Crippen LogP contribution in [0.3, 0.4) is 0 Å². The highest BCUT2D eigenvalue weighted by molar-refractivity contribution is 5.96. The minimum Gasteiger partial charge on any atom is -0.452 e. The third-order valence-electron chi connectivity index (χ3n) is 4.31. The van der Waals surface area contributed by atoms with Crippen LogP contribution in [0.4, 0.5) is 32.2 Å². The minimum absolute atomic E-state index is 0.0452. The van der Waals surface area contributed by atoms with Gasteiger partial charge in [0.2, 0.25) is 0 Å². The first-order chi connectivity index (χ1) is 15.9. The predicted octanol–water partition coefficient (Wildman–Crippen LogP) is 4.58. The van der Waals surface area contributed by atoms with Crippen molar-refractivity contribution in [2.24, 2.45) is 0 Å². The van der Waals surface area contributed by atoms with Gasteiger partial charge in [0.1, 0.15) is 11.6 Å². The van der Waals surface area contributed by atoms with Gasteiger partial charge < -0.3 is 10.1 Å². The fraction of sp³-hybridized carbons (Fsp3) is 0.143. The molecule has 1 heterocycles. The van der Waals surface area contributed by atoms with E-state index in [-0.39, 0.29) is 29.6 Å². The van der Waals surface area contributed by atoms with E-state index in [1.54, 1.807) is 36.4 Å². The first-order valence-electron chi connectivity index (χ1n) is 9.20. The summed E-state index contributed by atoms with van der Waals surface area (Å²) in [5.74, 6) is -2.66. The molecule has 0 saturated carbocycles. The van der Waals surface area contributed by atoms with Crippen LogP contribution >= 0.6 is 0 Å². The molecule has 3 aromatic rings. The lowest BCUT2D eigenvalue weighted by atomic mass is 10.0. The number of aromatic nitrogens is 2. The Labute approximate surface area is 187 Å². The summed E-state index contributed by atoms with van der Waals surface area (Å²) in [4.78, 5) is 24.4. The second kappa shape index (κ2) is 9.26. The zero-order valence-corrected chi connectivity index (χ0v) is 16.7. The van der Waals surface area contributed by atoms with Crippen molar-refractivity contribution >= 4 is 17.7 Å². The minimum atomic E-state index is -5.16. The second-order valence-corrected chi connectivity index (χ2v) is 6.68. The molecule has 0 radical (unpaired) electrons. The number of rotatable bonds is 5. The summed E-state index contributed by atoms with van der Waals surface area (Å²) in [5.41, 5.74) is -4.02. The number of anilines is 1. The van der Waals surface area contributed by atoms with E-state index in [0.29, 0.717) is 5.69 Å². The Hall–Kier alpha value is -4.34. The van der Waals surface area contributed by atoms with E-state index in [4.69, 9.17) is 0 Å². The molecule has 13 heteroatoms. The van der Waals surface area contributed by atoms with Gasteiger partial charge in [-0.05, 0) is 30.3 Å². The Morgan fingerprint density at radius 1 is 1.00 bits per heavy atom. The van der Waals surface area contributed by atoms with E-state index in [1.165, 1.54) is 4.68 Å². The van der Waals surface area contributed by atoms with Gasteiger partial charge in [-0.2, -0.15) is 36.7 Å². The number of benzene rings is 2. The van der Waals surface area contributed by atoms with Crippen LogP contribution in [0, 0.1) is 11.3 Å². The maximum atomic E-state index is 13.0. The number of alkyl halides is 6. The molecule has 0 aliphatic heterocycles. The largest absolute Gasteiger partial charge is 0.452 e. The fourth-order valence-corrected chi connectivity index (χ4v) is 2.77. The van der Waals surface area contributed by atoms with Crippen LogP contribution in [0.2, 0.25) is 0 Å². The summed E-state index contributed by atoms with van der Waals surface area (Å²) in [6, 6.07) is 10.3. The maximum Gasteiger partial charge on any atom is 0.416 e. The third kappa shape index (κ3) is 5.52. The van der Waals surface area contributed by atoms with Crippen molar-refractivity contribution in [3.63, 3.8) is 0 Å². The van der Waals surface area contributed by atoms with Crippen LogP contribution in [-0.4, -0.2) is 28.3 Å². The van der Waals surface area contributed by atoms with Crippen molar-refractivity contribution in [3.8, 4) is 11.8 Å². The van der Waals surface area contributed by atoms with E-state index in [0.717, 1.165) is 6.20 Å². The van der Waals surface area contributed by atoms with Crippen molar-refractivity contribution in [1.82, 2.24) is 9.78 Å². The van der Waals surface area contributed by atoms with Crippen LogP contribution < -0.4 is 5.32 Å². The highest BCUT2D eigenvalue weighted by atomic mass is 19.4. The predicted molar refractivity (Wildman–Crippen MR) is 104 cm³/mol. The molecule has 0 aliphatic carbocycles. The molecule has 0 saturated heterocycles. The Kier molecular flexibility index (Phi) is 6.62. The summed E-state index contributed by atoms with van der Waals surface area (Å²) < 4.78 is 83.5. The number of nitriles is 1. The highest BCUT2D eigenvalue weighted by Crippen LogP contribution is 2.36. The molecule has 0 fully saturated rings. The molecule has 1 aromatic heterocycles. The first kappa shape index (κ1) is 24.3. The molecule has 7 nitrogen and oxygen atoms in total. The van der Waals surface area contributed by atoms with Gasteiger partial charge >= 0.3 is 18.3 Å². The number of para-hydroxylation sites is 1. The zero-order valence-electron chi connectivity index (χ0n) is 16.7. The topological polar surface area (TPSA) is 97.0 Å². The molecule has 34 heavy (non-hydrogen) atoms. The lowest BCUT2D eigenvalue weighted by molar-refractivity contribution is -0.143. The van der Waals surface area contributed by atoms with Gasteiger partial charge in [-0.1, -0.05) is 18.2 Å². The number of carbonyl (C=O) groups is 2. The summed E-state index contributed by atoms with van der Waals surface area (Å²) >= 11 is 0. The fourth-order valence-electron chi connectivity index (χ4n) is 2.77. The van der Waals surface area contributed by atoms with Crippen LogP contribution in [0.25, 0.3) is 5.69 Å². The second-order valence-electron chi connectivity index (χ2n) is 6.68. The molecule has 3 rings (SSSR count). The van der Waals surface area contributed by atoms with E-state index >= 15 is 0 Å². The third-order valence-corrected chi connectivity index (χ3v) is 4.31. The number of hydrogen-bond acceptors (Lipinski definition) is 5. The van der Waals surface area contributed by atoms with Crippen LogP contribution in [0.1, 0.15) is 27.0 Å². The molecule has 0 bridgehead atoms. The summed E-state index contributed by atoms with van der Waals surface area (Å²) in [6.07, 6.45) is -9.15. The van der Waals surface area contributed by atoms with Crippen LogP contribution in [0.15, 0.2) is 54.7 Å². The van der Waals surface area contributed by atoms with Crippen molar-refractivity contribution < 1.29 is 40.7 Å². The molecule has 0 spiro atoms. The number of halogens is 6. The van der Waals surface area contributed by atoms with Crippen molar-refractivity contribution in [3.05, 3.63) is 77.0 Å². The standard InChI is InChI=1S/C21H12F6N4O3/c22-20(23,24)14-6-12(7-15(8-14)21(25,26)27)19(33)34-11-17(32)30-18-13(9-28)10-29-31(18)16-4-2-1-3-5-16/h1-8,10H,11H2,(H,30,32). The van der Waals surface area contributed by atoms with Gasteiger partial charge in [-0.25, -0.2) is 9.48 Å². The molecule has 1 amide bonds. The van der Waals surface area contributed by atoms with E-state index < -0.39 is 47.5 Å². The van der Waals surface area contributed by atoms with Crippen molar-refractivity contribution in [2.75, 3.05) is 11.9 Å². The lowest BCUT2D eigenvalue weighted by Crippen LogP contribution is -2.23. The van der Waals surface area contributed by atoms with Crippen molar-refractivity contribution in [1.29, 1.82) is 5.26 Å². The van der Waals surface area contributed by atoms with Gasteiger partial charge in [0.25, 0.3) is 5.91 Å². The van der Waals surface area contributed by atoms with Gasteiger partial charge in [0.05, 0.1) is 28.6 Å². The Morgan fingerprint density at radius 3 is 2.12 bits per heavy atom. The first-order valence-corrected chi connectivity index (χ1v) is 9.20. The van der Waals surface area contributed by atoms with E-state index in [1.807, 2.05) is 0 Å². The monoisotopic (exact) mass is 482 g/mol. The lowest BCUT2D eigenvalue weighted by Gasteiger charge is -2.14. The Balaban J connectivity index is 1.78. The molecule has 0 atom stereocenters. The summed E-state index contributed by atoms with van der Waals surface area (Å²) in [5, 5.41) is 15.5. The van der Waals surface area contributed by atoms with Crippen LogP contribution in [0.5, 0.6) is 0 Å². The number of hydrogen-bond donors (Lipinski definition) is 1. The molecule has 1 N–H and O–H groups in total. The summed E-state index contributed by atoms with van der Waals surface area (Å²) in [7, 11) is 0. The maximum absolute atomic E-state index is 13.0. The zero-order chi connectivity index (χ0) is 25.1. The quantitative estimate of drug-likeness (QED) is 0.424. The normalized spacial score (nSPS) is 11.6. The molecule has 0 aliphatic rings. The van der Waals surface area contributed by atoms with Gasteiger partial charge in [0.15, 0.2) is 12.4 Å². The van der Waals surface area contributed by atoms with Gasteiger partial charge in [-0.15, -0.1) is 0 Å². The number of amides is 1. The molecular weight excluding hydrogens is 470 g/mol. The molecule has 0 unspecified atom stereocenters. The average molecular weight is 482 g/mol. The number of carbonyl (C=O) groups excluding carboxylic acids is 2. The summed E-state index contributed by atoms with van der Waals surface area (Å²) in [6.45, 7) is -1.05. The number of ether oxygens (including phenoxy) is 1. The average Bonchev–Trinajstić information content (AvgIpc) is 3.19. The Morgan fingerprint density at radius 2 is 1.59 bits per heavy atom. The Bertz CT molecular complexity index is 1230. The van der Waals surface area contributed by atoms with Crippen molar-refractivity contribution in [2.45, 2.75) is 12.4 Å². The number of esters is 1. The van der Waals surface area contributed by atoms with Crippen LogP contribution in [-0.2, 0) is 21.9 Å². The molecular formula is C21H12F6N4O3. The number of nitrogens with zero attached hydrogens (tertiary/aromatic N) is 3. The molecule has 176 valence electrons. The van der Waals surface area contributed by atoms with E-state index in [2.05, 4.69) is 15.2 Å². The smallest absolute Gasteiger partial charge is 0.416 e. The SMILES string of the molecule is N#Cc1cnn(-c2ccccc2)c1NC(=O)COC(=O)c1cc(C(F)(F)F)cc(C(F)(F)F)c1.